The van der Waals surface area contributed by atoms with Crippen molar-refractivity contribution in [2.45, 2.75) is 19.9 Å². The molecule has 106 valence electrons. The van der Waals surface area contributed by atoms with E-state index in [1.165, 1.54) is 0 Å². The Morgan fingerprint density at radius 3 is 2.95 bits per heavy atom. The Morgan fingerprint density at radius 1 is 1.30 bits per heavy atom. The fraction of sp³-hybridized carbons (Fsp3) is 0.267. The summed E-state index contributed by atoms with van der Waals surface area (Å²) in [6.45, 7) is 3.94. The molecular weight excluding hydrogens is 340 g/mol. The van der Waals surface area contributed by atoms with E-state index in [4.69, 9.17) is 16.3 Å². The van der Waals surface area contributed by atoms with Crippen LogP contribution in [-0.2, 0) is 6.54 Å². The van der Waals surface area contributed by atoms with E-state index in [1.54, 1.807) is 12.3 Å². The molecule has 1 heterocycles. The van der Waals surface area contributed by atoms with Gasteiger partial charge < -0.3 is 10.1 Å². The van der Waals surface area contributed by atoms with Crippen LogP contribution in [0, 0.1) is 0 Å². The lowest BCUT2D eigenvalue weighted by Crippen LogP contribution is -2.13. The van der Waals surface area contributed by atoms with Gasteiger partial charge in [0.15, 0.2) is 0 Å². The number of halogens is 2. The summed E-state index contributed by atoms with van der Waals surface area (Å²) in [6.07, 6.45) is 2.85. The fourth-order valence-corrected chi connectivity index (χ4v) is 2.19. The summed E-state index contributed by atoms with van der Waals surface area (Å²) in [5.41, 5.74) is 1.13. The second-order valence-corrected chi connectivity index (χ2v) is 5.68. The highest BCUT2D eigenvalue weighted by Crippen LogP contribution is 2.31. The zero-order chi connectivity index (χ0) is 14.4. The number of ether oxygens (including phenoxy) is 1. The minimum Gasteiger partial charge on any atom is -0.437 e. The van der Waals surface area contributed by atoms with Gasteiger partial charge in [0.1, 0.15) is 5.75 Å². The van der Waals surface area contributed by atoms with Crippen LogP contribution in [0.2, 0.25) is 5.02 Å². The molecule has 1 N–H and O–H groups in total. The molecule has 0 fully saturated rings. The van der Waals surface area contributed by atoms with E-state index in [0.29, 0.717) is 16.7 Å². The number of rotatable bonds is 6. The maximum Gasteiger partial charge on any atom is 0.219 e. The van der Waals surface area contributed by atoms with Gasteiger partial charge in [0.2, 0.25) is 5.88 Å². The van der Waals surface area contributed by atoms with Crippen molar-refractivity contribution >= 4 is 27.5 Å². The Balaban J connectivity index is 2.09. The first-order chi connectivity index (χ1) is 9.69. The summed E-state index contributed by atoms with van der Waals surface area (Å²) in [6, 6.07) is 9.37. The fourth-order valence-electron chi connectivity index (χ4n) is 1.69. The van der Waals surface area contributed by atoms with Gasteiger partial charge in [0.05, 0.1) is 5.02 Å². The van der Waals surface area contributed by atoms with Gasteiger partial charge in [-0.2, -0.15) is 0 Å². The molecule has 0 aliphatic heterocycles. The van der Waals surface area contributed by atoms with Crippen LogP contribution in [0.3, 0.4) is 0 Å². The summed E-state index contributed by atoms with van der Waals surface area (Å²) >= 11 is 9.50. The second kappa shape index (κ2) is 7.62. The third kappa shape index (κ3) is 4.47. The van der Waals surface area contributed by atoms with E-state index in [2.05, 4.69) is 33.2 Å². The summed E-state index contributed by atoms with van der Waals surface area (Å²) in [4.78, 5) is 4.21. The largest absolute Gasteiger partial charge is 0.437 e. The van der Waals surface area contributed by atoms with Gasteiger partial charge in [0, 0.05) is 23.3 Å². The van der Waals surface area contributed by atoms with E-state index < -0.39 is 0 Å². The van der Waals surface area contributed by atoms with Crippen molar-refractivity contribution in [3.8, 4) is 11.6 Å². The van der Waals surface area contributed by atoms with Gasteiger partial charge in [-0.3, -0.25) is 0 Å². The van der Waals surface area contributed by atoms with Crippen molar-refractivity contribution in [2.24, 2.45) is 0 Å². The molecule has 3 nitrogen and oxygen atoms in total. The number of hydrogen-bond acceptors (Lipinski definition) is 3. The van der Waals surface area contributed by atoms with Crippen LogP contribution in [0.5, 0.6) is 11.6 Å². The highest BCUT2D eigenvalue weighted by atomic mass is 79.9. The number of benzene rings is 1. The van der Waals surface area contributed by atoms with Gasteiger partial charge in [-0.25, -0.2) is 4.98 Å². The normalized spacial score (nSPS) is 10.6. The van der Waals surface area contributed by atoms with Gasteiger partial charge in [-0.1, -0.05) is 34.5 Å². The summed E-state index contributed by atoms with van der Waals surface area (Å²) in [7, 11) is 0. The molecule has 5 heteroatoms. The molecule has 2 rings (SSSR count). The van der Waals surface area contributed by atoms with Gasteiger partial charge in [0.25, 0.3) is 0 Å². The summed E-state index contributed by atoms with van der Waals surface area (Å²) in [5.74, 6) is 1.13. The number of nitrogens with zero attached hydrogens (tertiary/aromatic N) is 1. The molecule has 0 radical (unpaired) electrons. The lowest BCUT2D eigenvalue weighted by Gasteiger charge is -2.09. The van der Waals surface area contributed by atoms with E-state index in [9.17, 15) is 0 Å². The Bertz CT molecular complexity index is 578. The lowest BCUT2D eigenvalue weighted by molar-refractivity contribution is 0.461. The van der Waals surface area contributed by atoms with Gasteiger partial charge >= 0.3 is 0 Å². The van der Waals surface area contributed by atoms with E-state index in [0.717, 1.165) is 29.5 Å². The zero-order valence-corrected chi connectivity index (χ0v) is 13.5. The first kappa shape index (κ1) is 15.3. The molecule has 0 spiro atoms. The van der Waals surface area contributed by atoms with Crippen LogP contribution in [0.15, 0.2) is 41.0 Å². The van der Waals surface area contributed by atoms with Crippen molar-refractivity contribution in [3.05, 3.63) is 51.6 Å². The predicted molar refractivity (Wildman–Crippen MR) is 85.5 cm³/mol. The smallest absolute Gasteiger partial charge is 0.219 e. The highest BCUT2D eigenvalue weighted by Gasteiger charge is 2.05. The third-order valence-electron chi connectivity index (χ3n) is 2.66. The quantitative estimate of drug-likeness (QED) is 0.757. The van der Waals surface area contributed by atoms with E-state index >= 15 is 0 Å². The van der Waals surface area contributed by atoms with Crippen molar-refractivity contribution in [1.82, 2.24) is 10.3 Å². The third-order valence-corrected chi connectivity index (χ3v) is 3.47. The monoisotopic (exact) mass is 354 g/mol. The molecule has 0 amide bonds. The minimum absolute atomic E-state index is 0.542. The van der Waals surface area contributed by atoms with Crippen LogP contribution in [0.1, 0.15) is 18.9 Å². The number of aromatic nitrogens is 1. The van der Waals surface area contributed by atoms with Gasteiger partial charge in [-0.05, 0) is 42.8 Å². The lowest BCUT2D eigenvalue weighted by atomic mass is 10.2. The molecule has 0 aliphatic rings. The van der Waals surface area contributed by atoms with Crippen LogP contribution < -0.4 is 10.1 Å². The Morgan fingerprint density at radius 2 is 2.15 bits per heavy atom. The zero-order valence-electron chi connectivity index (χ0n) is 11.2. The predicted octanol–water partition coefficient (Wildman–Crippen LogP) is 4.79. The van der Waals surface area contributed by atoms with Crippen molar-refractivity contribution in [2.75, 3.05) is 6.54 Å². The first-order valence-corrected chi connectivity index (χ1v) is 7.64. The molecule has 2 aromatic rings. The van der Waals surface area contributed by atoms with Crippen molar-refractivity contribution < 1.29 is 4.74 Å². The molecule has 1 aromatic carbocycles. The molecule has 0 bridgehead atoms. The molecule has 0 atom stereocenters. The molecule has 0 unspecified atom stereocenters. The number of pyridine rings is 1. The highest BCUT2D eigenvalue weighted by molar-refractivity contribution is 9.10. The molecule has 20 heavy (non-hydrogen) atoms. The molecule has 0 saturated carbocycles. The maximum absolute atomic E-state index is 6.10. The molecule has 0 aliphatic carbocycles. The average Bonchev–Trinajstić information content (AvgIpc) is 2.44. The van der Waals surface area contributed by atoms with Crippen molar-refractivity contribution in [1.29, 1.82) is 0 Å². The van der Waals surface area contributed by atoms with Gasteiger partial charge in [-0.15, -0.1) is 0 Å². The Kier molecular flexibility index (Phi) is 5.83. The first-order valence-electron chi connectivity index (χ1n) is 6.47. The van der Waals surface area contributed by atoms with Crippen LogP contribution in [0.4, 0.5) is 0 Å². The Hall–Kier alpha value is -1.10. The Labute approximate surface area is 132 Å². The van der Waals surface area contributed by atoms with Crippen molar-refractivity contribution in [3.63, 3.8) is 0 Å². The maximum atomic E-state index is 6.10. The number of nitrogens with one attached hydrogen (secondary N) is 1. The van der Waals surface area contributed by atoms with E-state index in [1.807, 2.05) is 24.3 Å². The minimum atomic E-state index is 0.542. The molecular formula is C15H16BrClN2O. The molecule has 1 aromatic heterocycles. The standard InChI is InChI=1S/C15H16BrClN2O/c1-2-6-18-10-11-5-7-19-15(8-11)20-14-9-12(16)3-4-13(14)17/h3-5,7-9,18H,2,6,10H2,1H3. The van der Waals surface area contributed by atoms with Crippen LogP contribution >= 0.6 is 27.5 Å². The number of hydrogen-bond donors (Lipinski definition) is 1. The topological polar surface area (TPSA) is 34.2 Å². The molecule has 0 saturated heterocycles. The van der Waals surface area contributed by atoms with Crippen LogP contribution in [0.25, 0.3) is 0 Å². The summed E-state index contributed by atoms with van der Waals surface area (Å²) < 4.78 is 6.65. The van der Waals surface area contributed by atoms with E-state index in [-0.39, 0.29) is 0 Å². The average molecular weight is 356 g/mol. The second-order valence-electron chi connectivity index (χ2n) is 4.36. The SMILES string of the molecule is CCCNCc1ccnc(Oc2cc(Br)ccc2Cl)c1. The van der Waals surface area contributed by atoms with Crippen LogP contribution in [-0.4, -0.2) is 11.5 Å². The summed E-state index contributed by atoms with van der Waals surface area (Å²) in [5, 5.41) is 3.91.